The second-order valence-electron chi connectivity index (χ2n) is 5.69. The largest absolute Gasteiger partial charge is 0.326 e. The smallest absolute Gasteiger partial charge is 0.240 e. The Labute approximate surface area is 132 Å². The van der Waals surface area contributed by atoms with Crippen LogP contribution in [-0.2, 0) is 16.6 Å². The third-order valence-electron chi connectivity index (χ3n) is 3.22. The molecule has 1 unspecified atom stereocenters. The first-order valence-corrected chi connectivity index (χ1v) is 8.69. The summed E-state index contributed by atoms with van der Waals surface area (Å²) in [4.78, 5) is 2.15. The Kier molecular flexibility index (Phi) is 6.62. The van der Waals surface area contributed by atoms with Gasteiger partial charge in [0.15, 0.2) is 0 Å². The Balaban J connectivity index is 3.04. The van der Waals surface area contributed by atoms with Gasteiger partial charge in [-0.1, -0.05) is 25.4 Å². The zero-order chi connectivity index (χ0) is 16.2. The molecule has 120 valence electrons. The minimum atomic E-state index is -3.59. The summed E-state index contributed by atoms with van der Waals surface area (Å²) >= 11 is 5.97. The molecule has 0 aliphatic heterocycles. The van der Waals surface area contributed by atoms with Crippen molar-refractivity contribution in [3.63, 3.8) is 0 Å². The number of rotatable bonds is 7. The summed E-state index contributed by atoms with van der Waals surface area (Å²) in [6, 6.07) is 4.42. The number of nitrogens with zero attached hydrogens (tertiary/aromatic N) is 1. The van der Waals surface area contributed by atoms with Gasteiger partial charge in [0.1, 0.15) is 0 Å². The molecule has 1 rings (SSSR count). The van der Waals surface area contributed by atoms with E-state index in [9.17, 15) is 8.42 Å². The van der Waals surface area contributed by atoms with Crippen molar-refractivity contribution in [2.75, 3.05) is 20.6 Å². The van der Waals surface area contributed by atoms with Gasteiger partial charge in [0.2, 0.25) is 10.0 Å². The van der Waals surface area contributed by atoms with Crippen molar-refractivity contribution < 1.29 is 8.42 Å². The molecule has 3 N–H and O–H groups in total. The van der Waals surface area contributed by atoms with E-state index < -0.39 is 10.0 Å². The molecule has 1 aromatic rings. The van der Waals surface area contributed by atoms with Crippen LogP contribution in [0.2, 0.25) is 5.02 Å². The standard InChI is InChI=1S/C14H24ClN3O2S/c1-10(2)14(9-18(3)4)17-21(19,20)12-5-6-13(15)11(7-12)8-16/h5-7,10,14,17H,8-9,16H2,1-4H3. The Morgan fingerprint density at radius 3 is 2.43 bits per heavy atom. The van der Waals surface area contributed by atoms with Crippen molar-refractivity contribution in [3.8, 4) is 0 Å². The Morgan fingerprint density at radius 1 is 1.33 bits per heavy atom. The zero-order valence-electron chi connectivity index (χ0n) is 12.9. The fraction of sp³-hybridized carbons (Fsp3) is 0.571. The lowest BCUT2D eigenvalue weighted by atomic mass is 10.1. The summed E-state index contributed by atoms with van der Waals surface area (Å²) in [7, 11) is 0.240. The molecule has 0 amide bonds. The molecule has 0 fully saturated rings. The number of hydrogen-bond acceptors (Lipinski definition) is 4. The maximum Gasteiger partial charge on any atom is 0.240 e. The van der Waals surface area contributed by atoms with Crippen LogP contribution in [0.15, 0.2) is 23.1 Å². The molecule has 21 heavy (non-hydrogen) atoms. The van der Waals surface area contributed by atoms with E-state index in [1.165, 1.54) is 12.1 Å². The van der Waals surface area contributed by atoms with Gasteiger partial charge >= 0.3 is 0 Å². The number of nitrogens with two attached hydrogens (primary N) is 1. The van der Waals surface area contributed by atoms with Crippen LogP contribution in [0.1, 0.15) is 19.4 Å². The summed E-state index contributed by atoms with van der Waals surface area (Å²) in [5.74, 6) is 0.184. The van der Waals surface area contributed by atoms with E-state index in [-0.39, 0.29) is 23.4 Å². The van der Waals surface area contributed by atoms with Crippen LogP contribution < -0.4 is 10.5 Å². The summed E-state index contributed by atoms with van der Waals surface area (Å²) in [5.41, 5.74) is 6.19. The maximum absolute atomic E-state index is 12.5. The lowest BCUT2D eigenvalue weighted by Gasteiger charge is -2.25. The summed E-state index contributed by atoms with van der Waals surface area (Å²) < 4.78 is 27.7. The Morgan fingerprint density at radius 2 is 1.95 bits per heavy atom. The van der Waals surface area contributed by atoms with Gasteiger partial charge in [-0.2, -0.15) is 0 Å². The van der Waals surface area contributed by atoms with Crippen molar-refractivity contribution in [2.24, 2.45) is 11.7 Å². The number of hydrogen-bond donors (Lipinski definition) is 2. The molecule has 0 aliphatic carbocycles. The van der Waals surface area contributed by atoms with E-state index in [0.29, 0.717) is 17.1 Å². The first kappa shape index (κ1) is 18.4. The lowest BCUT2D eigenvalue weighted by Crippen LogP contribution is -2.44. The monoisotopic (exact) mass is 333 g/mol. The van der Waals surface area contributed by atoms with E-state index >= 15 is 0 Å². The minimum absolute atomic E-state index is 0.165. The van der Waals surface area contributed by atoms with E-state index in [1.807, 2.05) is 32.8 Å². The fourth-order valence-corrected chi connectivity index (χ4v) is 3.54. The van der Waals surface area contributed by atoms with Crippen LogP contribution in [0.3, 0.4) is 0 Å². The van der Waals surface area contributed by atoms with Gasteiger partial charge in [-0.15, -0.1) is 0 Å². The molecule has 0 spiro atoms. The second kappa shape index (κ2) is 7.56. The lowest BCUT2D eigenvalue weighted by molar-refractivity contribution is 0.314. The molecule has 0 aliphatic rings. The zero-order valence-corrected chi connectivity index (χ0v) is 14.5. The van der Waals surface area contributed by atoms with Crippen LogP contribution >= 0.6 is 11.6 Å². The molecule has 0 saturated carbocycles. The van der Waals surface area contributed by atoms with Crippen molar-refractivity contribution in [1.29, 1.82) is 0 Å². The quantitative estimate of drug-likeness (QED) is 0.795. The second-order valence-corrected chi connectivity index (χ2v) is 7.81. The first-order valence-electron chi connectivity index (χ1n) is 6.83. The van der Waals surface area contributed by atoms with Crippen LogP contribution in [0.4, 0.5) is 0 Å². The van der Waals surface area contributed by atoms with Gasteiger partial charge in [0, 0.05) is 24.2 Å². The highest BCUT2D eigenvalue weighted by atomic mass is 35.5. The molecule has 0 aromatic heterocycles. The Hall–Kier alpha value is -0.660. The van der Waals surface area contributed by atoms with Crippen molar-refractivity contribution >= 4 is 21.6 Å². The molecular weight excluding hydrogens is 310 g/mol. The number of halogens is 1. The molecule has 1 atom stereocenters. The average molecular weight is 334 g/mol. The van der Waals surface area contributed by atoms with Crippen molar-refractivity contribution in [2.45, 2.75) is 31.3 Å². The van der Waals surface area contributed by atoms with Gasteiger partial charge in [-0.25, -0.2) is 13.1 Å². The summed E-state index contributed by atoms with van der Waals surface area (Å²) in [5, 5.41) is 0.477. The number of nitrogens with one attached hydrogen (secondary N) is 1. The number of sulfonamides is 1. The van der Waals surface area contributed by atoms with Crippen molar-refractivity contribution in [1.82, 2.24) is 9.62 Å². The first-order chi connectivity index (χ1) is 9.67. The van der Waals surface area contributed by atoms with E-state index in [4.69, 9.17) is 17.3 Å². The highest BCUT2D eigenvalue weighted by Crippen LogP contribution is 2.20. The van der Waals surface area contributed by atoms with E-state index in [2.05, 4.69) is 4.72 Å². The molecule has 1 aromatic carbocycles. The summed E-state index contributed by atoms with van der Waals surface area (Å²) in [6.07, 6.45) is 0. The highest BCUT2D eigenvalue weighted by Gasteiger charge is 2.23. The highest BCUT2D eigenvalue weighted by molar-refractivity contribution is 7.89. The number of benzene rings is 1. The predicted octanol–water partition coefficient (Wildman–Crippen LogP) is 1.66. The molecule has 0 heterocycles. The molecule has 0 radical (unpaired) electrons. The van der Waals surface area contributed by atoms with Crippen LogP contribution in [0.25, 0.3) is 0 Å². The van der Waals surface area contributed by atoms with Gasteiger partial charge in [-0.3, -0.25) is 0 Å². The van der Waals surface area contributed by atoms with Crippen LogP contribution in [0, 0.1) is 5.92 Å². The third kappa shape index (κ3) is 5.23. The molecule has 5 nitrogen and oxygen atoms in total. The third-order valence-corrected chi connectivity index (χ3v) is 5.08. The average Bonchev–Trinajstić information content (AvgIpc) is 2.37. The minimum Gasteiger partial charge on any atom is -0.326 e. The predicted molar refractivity (Wildman–Crippen MR) is 86.8 cm³/mol. The number of likely N-dealkylation sites (N-methyl/N-ethyl adjacent to an activating group) is 1. The van der Waals surface area contributed by atoms with Gasteiger partial charge < -0.3 is 10.6 Å². The van der Waals surface area contributed by atoms with Gasteiger partial charge in [0.05, 0.1) is 4.90 Å². The van der Waals surface area contributed by atoms with Crippen molar-refractivity contribution in [3.05, 3.63) is 28.8 Å². The normalized spacial score (nSPS) is 13.9. The summed E-state index contributed by atoms with van der Waals surface area (Å²) in [6.45, 7) is 4.81. The molecule has 7 heteroatoms. The molecular formula is C14H24ClN3O2S. The van der Waals surface area contributed by atoms with E-state index in [0.717, 1.165) is 0 Å². The molecule has 0 saturated heterocycles. The maximum atomic E-state index is 12.5. The topological polar surface area (TPSA) is 75.4 Å². The van der Waals surface area contributed by atoms with Crippen LogP contribution in [0.5, 0.6) is 0 Å². The van der Waals surface area contributed by atoms with Crippen LogP contribution in [-0.4, -0.2) is 40.0 Å². The van der Waals surface area contributed by atoms with Gasteiger partial charge in [-0.05, 0) is 43.8 Å². The fourth-order valence-electron chi connectivity index (χ4n) is 1.92. The van der Waals surface area contributed by atoms with E-state index in [1.54, 1.807) is 6.07 Å². The SMILES string of the molecule is CC(C)C(CN(C)C)NS(=O)(=O)c1ccc(Cl)c(CN)c1. The molecule has 0 bridgehead atoms. The Bertz CT molecular complexity index is 574. The van der Waals surface area contributed by atoms with Gasteiger partial charge in [0.25, 0.3) is 0 Å².